The van der Waals surface area contributed by atoms with Gasteiger partial charge in [-0.05, 0) is 42.1 Å². The van der Waals surface area contributed by atoms with Crippen molar-refractivity contribution in [3.63, 3.8) is 0 Å². The van der Waals surface area contributed by atoms with Crippen LogP contribution in [0.15, 0.2) is 40.7 Å². The quantitative estimate of drug-likeness (QED) is 0.915. The van der Waals surface area contributed by atoms with Crippen molar-refractivity contribution < 1.29 is 4.39 Å². The molecule has 0 bridgehead atoms. The maximum Gasteiger partial charge on any atom is 0.196 e. The van der Waals surface area contributed by atoms with Crippen LogP contribution in [0.4, 0.5) is 10.1 Å². The van der Waals surface area contributed by atoms with Gasteiger partial charge in [-0.2, -0.15) is 0 Å². The van der Waals surface area contributed by atoms with E-state index in [4.69, 9.17) is 5.73 Å². The molecule has 0 fully saturated rings. The molecule has 1 atom stereocenters. The van der Waals surface area contributed by atoms with Crippen LogP contribution in [-0.4, -0.2) is 12.5 Å². The van der Waals surface area contributed by atoms with Crippen molar-refractivity contribution in [1.82, 2.24) is 0 Å². The second kappa shape index (κ2) is 4.66. The molecular weight excluding hydrogens is 261 g/mol. The predicted octanol–water partition coefficient (Wildman–Crippen LogP) is 3.07. The van der Waals surface area contributed by atoms with Gasteiger partial charge >= 0.3 is 0 Å². The fraction of sp³-hybridized carbons (Fsp3) is 0.214. The predicted molar refractivity (Wildman–Crippen MR) is 77.2 cm³/mol. The lowest BCUT2D eigenvalue weighted by atomic mass is 10.1. The monoisotopic (exact) mass is 275 g/mol. The molecule has 1 aliphatic heterocycles. The minimum atomic E-state index is -0.265. The Bertz CT molecular complexity index is 635. The van der Waals surface area contributed by atoms with Crippen LogP contribution in [0.3, 0.4) is 0 Å². The average Bonchev–Trinajstić information content (AvgIpc) is 2.95. The lowest BCUT2D eigenvalue weighted by molar-refractivity contribution is 0.627. The molecule has 5 heteroatoms. The minimum Gasteiger partial charge on any atom is -0.369 e. The van der Waals surface area contributed by atoms with E-state index in [0.29, 0.717) is 12.5 Å². The summed E-state index contributed by atoms with van der Waals surface area (Å²) in [4.78, 5) is 7.44. The van der Waals surface area contributed by atoms with E-state index in [1.807, 2.05) is 11.0 Å². The Labute approximate surface area is 115 Å². The lowest BCUT2D eigenvalue weighted by Gasteiger charge is -2.26. The molecule has 2 heterocycles. The molecule has 0 aliphatic carbocycles. The third-order valence-electron chi connectivity index (χ3n) is 3.28. The van der Waals surface area contributed by atoms with E-state index < -0.39 is 0 Å². The summed E-state index contributed by atoms with van der Waals surface area (Å²) in [6.45, 7) is 2.69. The molecule has 3 nitrogen and oxygen atoms in total. The van der Waals surface area contributed by atoms with Crippen molar-refractivity contribution in [3.8, 4) is 0 Å². The van der Waals surface area contributed by atoms with Gasteiger partial charge in [0.15, 0.2) is 5.96 Å². The van der Waals surface area contributed by atoms with Gasteiger partial charge in [-0.3, -0.25) is 4.99 Å². The maximum absolute atomic E-state index is 13.4. The zero-order chi connectivity index (χ0) is 13.4. The molecule has 3 rings (SSSR count). The summed E-state index contributed by atoms with van der Waals surface area (Å²) in [5.74, 6) is 0.183. The average molecular weight is 275 g/mol. The fourth-order valence-electron chi connectivity index (χ4n) is 2.36. The van der Waals surface area contributed by atoms with Crippen molar-refractivity contribution in [1.29, 1.82) is 0 Å². The van der Waals surface area contributed by atoms with Gasteiger partial charge in [-0.25, -0.2) is 4.39 Å². The molecule has 1 aromatic heterocycles. The maximum atomic E-state index is 13.4. The number of aryl methyl sites for hydroxylation is 1. The summed E-state index contributed by atoms with van der Waals surface area (Å²) in [7, 11) is 0. The van der Waals surface area contributed by atoms with Gasteiger partial charge in [0.1, 0.15) is 5.82 Å². The molecule has 0 amide bonds. The molecular formula is C14H14FN3S. The summed E-state index contributed by atoms with van der Waals surface area (Å²) >= 11 is 1.69. The summed E-state index contributed by atoms with van der Waals surface area (Å²) in [5.41, 5.74) is 7.94. The highest BCUT2D eigenvalue weighted by Crippen LogP contribution is 2.35. The number of anilines is 1. The third kappa shape index (κ3) is 2.10. The Kier molecular flexibility index (Phi) is 2.98. The van der Waals surface area contributed by atoms with Crippen molar-refractivity contribution >= 4 is 23.0 Å². The van der Waals surface area contributed by atoms with E-state index in [2.05, 4.69) is 23.4 Å². The fourth-order valence-corrected chi connectivity index (χ4v) is 3.37. The third-order valence-corrected chi connectivity index (χ3v) is 4.40. The Balaban J connectivity index is 2.02. The highest BCUT2D eigenvalue weighted by atomic mass is 32.1. The first-order valence-corrected chi connectivity index (χ1v) is 6.93. The zero-order valence-corrected chi connectivity index (χ0v) is 11.3. The summed E-state index contributed by atoms with van der Waals surface area (Å²) in [6.07, 6.45) is 0. The molecule has 1 aliphatic rings. The Morgan fingerprint density at radius 1 is 1.42 bits per heavy atom. The summed E-state index contributed by atoms with van der Waals surface area (Å²) in [5, 5.41) is 2.06. The Hall–Kier alpha value is -1.88. The van der Waals surface area contributed by atoms with E-state index in [1.54, 1.807) is 17.4 Å². The first-order valence-electron chi connectivity index (χ1n) is 6.05. The normalized spacial score (nSPS) is 18.7. The number of aliphatic imine (C=N–C) groups is 1. The number of rotatable bonds is 2. The van der Waals surface area contributed by atoms with Crippen molar-refractivity contribution in [2.24, 2.45) is 10.7 Å². The SMILES string of the molecule is Cc1ccsc1C1CN=C(N)N1c1cccc(F)c1. The second-order valence-electron chi connectivity index (χ2n) is 4.53. The zero-order valence-electron chi connectivity index (χ0n) is 10.5. The smallest absolute Gasteiger partial charge is 0.196 e. The molecule has 0 saturated heterocycles. The van der Waals surface area contributed by atoms with Crippen molar-refractivity contribution in [2.45, 2.75) is 13.0 Å². The van der Waals surface area contributed by atoms with Crippen LogP contribution in [0.2, 0.25) is 0 Å². The molecule has 2 aromatic rings. The minimum absolute atomic E-state index is 0.0711. The number of nitrogens with two attached hydrogens (primary N) is 1. The van der Waals surface area contributed by atoms with Crippen LogP contribution in [-0.2, 0) is 0 Å². The van der Waals surface area contributed by atoms with Crippen LogP contribution in [0, 0.1) is 12.7 Å². The van der Waals surface area contributed by atoms with Crippen LogP contribution in [0.1, 0.15) is 16.5 Å². The molecule has 98 valence electrons. The van der Waals surface area contributed by atoms with Gasteiger partial charge in [0.25, 0.3) is 0 Å². The number of nitrogens with zero attached hydrogens (tertiary/aromatic N) is 2. The van der Waals surface area contributed by atoms with Crippen molar-refractivity contribution in [2.75, 3.05) is 11.4 Å². The molecule has 0 radical (unpaired) electrons. The molecule has 19 heavy (non-hydrogen) atoms. The number of thiophene rings is 1. The van der Waals surface area contributed by atoms with Gasteiger partial charge in [0.05, 0.1) is 12.6 Å². The Morgan fingerprint density at radius 3 is 2.95 bits per heavy atom. The number of benzene rings is 1. The van der Waals surface area contributed by atoms with Crippen LogP contribution < -0.4 is 10.6 Å². The van der Waals surface area contributed by atoms with Crippen LogP contribution in [0.5, 0.6) is 0 Å². The van der Waals surface area contributed by atoms with Gasteiger partial charge in [-0.15, -0.1) is 11.3 Å². The molecule has 0 spiro atoms. The van der Waals surface area contributed by atoms with Gasteiger partial charge in [0, 0.05) is 10.6 Å². The molecule has 1 aromatic carbocycles. The number of guanidine groups is 1. The highest BCUT2D eigenvalue weighted by Gasteiger charge is 2.30. The molecule has 0 saturated carbocycles. The van der Waals surface area contributed by atoms with E-state index >= 15 is 0 Å². The highest BCUT2D eigenvalue weighted by molar-refractivity contribution is 7.10. The number of hydrogen-bond acceptors (Lipinski definition) is 4. The van der Waals surface area contributed by atoms with E-state index in [0.717, 1.165) is 5.69 Å². The first-order chi connectivity index (χ1) is 9.16. The summed E-state index contributed by atoms with van der Waals surface area (Å²) in [6, 6.07) is 8.61. The van der Waals surface area contributed by atoms with Gasteiger partial charge in [0.2, 0.25) is 0 Å². The van der Waals surface area contributed by atoms with E-state index in [9.17, 15) is 4.39 Å². The Morgan fingerprint density at radius 2 is 2.26 bits per heavy atom. The summed E-state index contributed by atoms with van der Waals surface area (Å²) < 4.78 is 13.4. The molecule has 2 N–H and O–H groups in total. The van der Waals surface area contributed by atoms with Crippen molar-refractivity contribution in [3.05, 3.63) is 52.0 Å². The lowest BCUT2D eigenvalue weighted by Crippen LogP contribution is -2.36. The van der Waals surface area contributed by atoms with Gasteiger partial charge < -0.3 is 10.6 Å². The first kappa shape index (κ1) is 12.2. The largest absolute Gasteiger partial charge is 0.369 e. The topological polar surface area (TPSA) is 41.6 Å². The number of hydrogen-bond donors (Lipinski definition) is 1. The van der Waals surface area contributed by atoms with Crippen LogP contribution in [0.25, 0.3) is 0 Å². The van der Waals surface area contributed by atoms with Crippen LogP contribution >= 0.6 is 11.3 Å². The number of halogens is 1. The van der Waals surface area contributed by atoms with E-state index in [-0.39, 0.29) is 11.9 Å². The standard InChI is InChI=1S/C14H14FN3S/c1-9-5-6-19-13(9)12-8-17-14(16)18(12)11-4-2-3-10(15)7-11/h2-7,12H,8H2,1H3,(H2,16,17). The van der Waals surface area contributed by atoms with E-state index in [1.165, 1.54) is 22.6 Å². The van der Waals surface area contributed by atoms with Gasteiger partial charge in [-0.1, -0.05) is 6.07 Å². The molecule has 1 unspecified atom stereocenters. The second-order valence-corrected chi connectivity index (χ2v) is 5.48.